The highest BCUT2D eigenvalue weighted by Gasteiger charge is 2.25. The molecule has 0 aliphatic heterocycles. The molecule has 0 N–H and O–H groups in total. The molecule has 0 radical (unpaired) electrons. The van der Waals surface area contributed by atoms with E-state index < -0.39 is 7.60 Å². The summed E-state index contributed by atoms with van der Waals surface area (Å²) in [6.45, 7) is 6.03. The van der Waals surface area contributed by atoms with Crippen LogP contribution in [-0.4, -0.2) is 23.2 Å². The van der Waals surface area contributed by atoms with Crippen LogP contribution in [0.15, 0.2) is 30.5 Å². The van der Waals surface area contributed by atoms with Crippen molar-refractivity contribution in [1.82, 2.24) is 9.97 Å². The number of nitrogens with zero attached hydrogens (tertiary/aromatic N) is 3. The van der Waals surface area contributed by atoms with E-state index in [4.69, 9.17) is 9.05 Å². The Balaban J connectivity index is 2.33. The summed E-state index contributed by atoms with van der Waals surface area (Å²) in [5, 5.41) is 9.19. The van der Waals surface area contributed by atoms with Gasteiger partial charge in [-0.2, -0.15) is 5.26 Å². The topological polar surface area (TPSA) is 85.1 Å². The normalized spacial score (nSPS) is 11.2. The lowest BCUT2D eigenvalue weighted by molar-refractivity contribution is 0.219. The van der Waals surface area contributed by atoms with Crippen molar-refractivity contribution in [3.63, 3.8) is 0 Å². The van der Waals surface area contributed by atoms with Crippen molar-refractivity contribution < 1.29 is 13.6 Å². The van der Waals surface area contributed by atoms with Crippen molar-refractivity contribution in [1.29, 1.82) is 5.26 Å². The summed E-state index contributed by atoms with van der Waals surface area (Å²) in [6, 6.07) is 9.34. The highest BCUT2D eigenvalue weighted by molar-refractivity contribution is 7.53. The minimum atomic E-state index is -3.19. The first-order valence-corrected chi connectivity index (χ1v) is 9.46. The summed E-state index contributed by atoms with van der Waals surface area (Å²) < 4.78 is 23.2. The summed E-state index contributed by atoms with van der Waals surface area (Å²) >= 11 is 0. The lowest BCUT2D eigenvalue weighted by Crippen LogP contribution is -2.02. The summed E-state index contributed by atoms with van der Waals surface area (Å²) in [5.41, 5.74) is 3.27. The van der Waals surface area contributed by atoms with E-state index in [2.05, 4.69) is 16.0 Å². The maximum atomic E-state index is 12.6. The zero-order valence-electron chi connectivity index (χ0n) is 14.0. The van der Waals surface area contributed by atoms with Gasteiger partial charge in [0.15, 0.2) is 0 Å². The van der Waals surface area contributed by atoms with Crippen LogP contribution in [0.3, 0.4) is 0 Å². The van der Waals surface area contributed by atoms with Gasteiger partial charge in [0.05, 0.1) is 25.1 Å². The summed E-state index contributed by atoms with van der Waals surface area (Å²) in [4.78, 5) is 8.58. The molecule has 0 saturated carbocycles. The zero-order valence-corrected chi connectivity index (χ0v) is 14.9. The van der Waals surface area contributed by atoms with Crippen molar-refractivity contribution in [2.45, 2.75) is 26.9 Å². The van der Waals surface area contributed by atoms with Gasteiger partial charge in [-0.1, -0.05) is 6.07 Å². The largest absolute Gasteiger partial charge is 0.336 e. The fourth-order valence-electron chi connectivity index (χ4n) is 2.42. The molecule has 2 heterocycles. The Morgan fingerprint density at radius 2 is 1.88 bits per heavy atom. The number of hydrogen-bond donors (Lipinski definition) is 0. The van der Waals surface area contributed by atoms with Gasteiger partial charge in [-0.3, -0.25) is 9.55 Å². The van der Waals surface area contributed by atoms with Gasteiger partial charge in [0.25, 0.3) is 0 Å². The average molecular weight is 345 g/mol. The van der Waals surface area contributed by atoms with Gasteiger partial charge in [0.1, 0.15) is 11.8 Å². The van der Waals surface area contributed by atoms with Gasteiger partial charge in [0.2, 0.25) is 0 Å². The molecule has 24 heavy (non-hydrogen) atoms. The maximum Gasteiger partial charge on any atom is 0.336 e. The molecule has 2 rings (SSSR count). The van der Waals surface area contributed by atoms with Crippen LogP contribution in [0, 0.1) is 18.3 Å². The molecule has 7 heteroatoms. The molecule has 2 aromatic rings. The minimum Gasteiger partial charge on any atom is -0.309 e. The lowest BCUT2D eigenvalue weighted by Gasteiger charge is -2.17. The van der Waals surface area contributed by atoms with Gasteiger partial charge in [-0.15, -0.1) is 0 Å². The van der Waals surface area contributed by atoms with Crippen molar-refractivity contribution in [3.8, 4) is 17.2 Å². The van der Waals surface area contributed by atoms with Crippen LogP contribution < -0.4 is 0 Å². The molecule has 0 fully saturated rings. The van der Waals surface area contributed by atoms with E-state index in [1.165, 1.54) is 0 Å². The third kappa shape index (κ3) is 4.27. The Bertz CT molecular complexity index is 792. The van der Waals surface area contributed by atoms with E-state index in [-0.39, 0.29) is 6.16 Å². The lowest BCUT2D eigenvalue weighted by atomic mass is 10.0. The van der Waals surface area contributed by atoms with Gasteiger partial charge >= 0.3 is 7.60 Å². The van der Waals surface area contributed by atoms with E-state index in [1.54, 1.807) is 32.2 Å². The highest BCUT2D eigenvalue weighted by atomic mass is 31.2. The van der Waals surface area contributed by atoms with Crippen LogP contribution in [0.25, 0.3) is 11.1 Å². The number of pyridine rings is 2. The Hall–Kier alpha value is -2.06. The van der Waals surface area contributed by atoms with Gasteiger partial charge in [-0.05, 0) is 39.0 Å². The molecular formula is C17H20N3O3P. The monoisotopic (exact) mass is 345 g/mol. The number of aryl methyl sites for hydroxylation is 1. The number of rotatable bonds is 7. The van der Waals surface area contributed by atoms with Crippen LogP contribution in [0.4, 0.5) is 0 Å². The second-order valence-electron chi connectivity index (χ2n) is 5.05. The Morgan fingerprint density at radius 3 is 2.46 bits per heavy atom. The molecule has 126 valence electrons. The van der Waals surface area contributed by atoms with Gasteiger partial charge in [-0.25, -0.2) is 4.98 Å². The van der Waals surface area contributed by atoms with Crippen molar-refractivity contribution in [2.24, 2.45) is 0 Å². The zero-order chi connectivity index (χ0) is 17.6. The minimum absolute atomic E-state index is 0.119. The van der Waals surface area contributed by atoms with E-state index >= 15 is 0 Å². The standard InChI is InChI=1S/C17H20N3O3P/c1-4-22-24(21,23-5-2)12-14-8-9-15(13(3)20-14)16-7-6-10-19-17(16)11-18/h6-10H,4-5,12H2,1-3H3. The Morgan fingerprint density at radius 1 is 1.17 bits per heavy atom. The first-order valence-electron chi connectivity index (χ1n) is 7.73. The van der Waals surface area contributed by atoms with Crippen LogP contribution in [0.5, 0.6) is 0 Å². The fourth-order valence-corrected chi connectivity index (χ4v) is 4.03. The quantitative estimate of drug-likeness (QED) is 0.703. The van der Waals surface area contributed by atoms with E-state index in [9.17, 15) is 9.83 Å². The second-order valence-corrected chi connectivity index (χ2v) is 7.11. The first-order chi connectivity index (χ1) is 11.5. The van der Waals surface area contributed by atoms with Crippen LogP contribution in [-0.2, 0) is 19.8 Å². The molecule has 0 aromatic carbocycles. The number of hydrogen-bond acceptors (Lipinski definition) is 6. The van der Waals surface area contributed by atoms with E-state index in [0.717, 1.165) is 16.8 Å². The molecule has 0 unspecified atom stereocenters. The fraction of sp³-hybridized carbons (Fsp3) is 0.353. The third-order valence-corrected chi connectivity index (χ3v) is 5.37. The van der Waals surface area contributed by atoms with E-state index in [0.29, 0.717) is 24.6 Å². The summed E-state index contributed by atoms with van der Waals surface area (Å²) in [5.74, 6) is 0. The summed E-state index contributed by atoms with van der Waals surface area (Å²) in [7, 11) is -3.19. The second kappa shape index (κ2) is 8.16. The SMILES string of the molecule is CCOP(=O)(Cc1ccc(-c2cccnc2C#N)c(C)n1)OCC. The Labute approximate surface area is 142 Å². The molecule has 2 aromatic heterocycles. The van der Waals surface area contributed by atoms with Crippen molar-refractivity contribution in [3.05, 3.63) is 47.5 Å². The van der Waals surface area contributed by atoms with Gasteiger partial charge < -0.3 is 9.05 Å². The number of aromatic nitrogens is 2. The first kappa shape index (κ1) is 18.3. The Kier molecular flexibility index (Phi) is 6.22. The third-order valence-electron chi connectivity index (χ3n) is 3.35. The molecule has 0 spiro atoms. The van der Waals surface area contributed by atoms with Crippen LogP contribution >= 0.6 is 7.60 Å². The molecule has 0 amide bonds. The molecule has 0 atom stereocenters. The predicted molar refractivity (Wildman–Crippen MR) is 91.5 cm³/mol. The molecular weight excluding hydrogens is 325 g/mol. The maximum absolute atomic E-state index is 12.6. The predicted octanol–water partition coefficient (Wildman–Crippen LogP) is 4.09. The van der Waals surface area contributed by atoms with Crippen molar-refractivity contribution in [2.75, 3.05) is 13.2 Å². The van der Waals surface area contributed by atoms with Crippen LogP contribution in [0.1, 0.15) is 30.9 Å². The summed E-state index contributed by atoms with van der Waals surface area (Å²) in [6.07, 6.45) is 1.70. The highest BCUT2D eigenvalue weighted by Crippen LogP contribution is 2.51. The van der Waals surface area contributed by atoms with Crippen LogP contribution in [0.2, 0.25) is 0 Å². The average Bonchev–Trinajstić information content (AvgIpc) is 2.55. The molecule has 0 aliphatic rings. The van der Waals surface area contributed by atoms with Gasteiger partial charge in [0, 0.05) is 23.0 Å². The molecule has 0 aliphatic carbocycles. The molecule has 0 bridgehead atoms. The van der Waals surface area contributed by atoms with Crippen molar-refractivity contribution >= 4 is 7.60 Å². The number of nitriles is 1. The molecule has 6 nitrogen and oxygen atoms in total. The smallest absolute Gasteiger partial charge is 0.309 e. The van der Waals surface area contributed by atoms with E-state index in [1.807, 2.05) is 19.1 Å². The molecule has 0 saturated heterocycles.